The van der Waals surface area contributed by atoms with Gasteiger partial charge in [-0.1, -0.05) is 65.8 Å². The third-order valence-corrected chi connectivity index (χ3v) is 6.04. The van der Waals surface area contributed by atoms with Crippen LogP contribution in [0.5, 0.6) is 0 Å². The van der Waals surface area contributed by atoms with Crippen LogP contribution < -0.4 is 5.32 Å². The fourth-order valence-electron chi connectivity index (χ4n) is 3.07. The molecule has 1 N–H and O–H groups in total. The maximum atomic E-state index is 13.3. The molecule has 0 aliphatic heterocycles. The van der Waals surface area contributed by atoms with Gasteiger partial charge in [0.15, 0.2) is 0 Å². The van der Waals surface area contributed by atoms with E-state index in [1.54, 1.807) is 18.2 Å². The summed E-state index contributed by atoms with van der Waals surface area (Å²) in [6.45, 7) is 0.366. The standard InChI is InChI=1S/C24H19ClFN3OS/c25-19-6-2-1-5-17(19)14-27-23(30)15-31-24-22(13-16-9-11-18(26)12-10-16)28-20-7-3-4-8-21(20)29-24/h1-12H,13-15H2,(H,27,30). The highest BCUT2D eigenvalue weighted by Crippen LogP contribution is 2.25. The van der Waals surface area contributed by atoms with E-state index < -0.39 is 0 Å². The number of carbonyl (C=O) groups is 1. The van der Waals surface area contributed by atoms with Gasteiger partial charge in [-0.15, -0.1) is 0 Å². The number of halogens is 2. The second-order valence-corrected chi connectivity index (χ2v) is 8.30. The normalized spacial score (nSPS) is 10.9. The van der Waals surface area contributed by atoms with Gasteiger partial charge in [0.1, 0.15) is 10.8 Å². The highest BCUT2D eigenvalue weighted by atomic mass is 35.5. The van der Waals surface area contributed by atoms with Gasteiger partial charge in [-0.2, -0.15) is 0 Å². The molecule has 0 bridgehead atoms. The first-order valence-electron chi connectivity index (χ1n) is 9.71. The summed E-state index contributed by atoms with van der Waals surface area (Å²) < 4.78 is 13.3. The zero-order valence-corrected chi connectivity index (χ0v) is 18.1. The van der Waals surface area contributed by atoms with Crippen LogP contribution in [0.4, 0.5) is 4.39 Å². The lowest BCUT2D eigenvalue weighted by Crippen LogP contribution is -2.24. The maximum absolute atomic E-state index is 13.3. The number of nitrogens with zero attached hydrogens (tertiary/aromatic N) is 2. The van der Waals surface area contributed by atoms with Gasteiger partial charge in [0.25, 0.3) is 0 Å². The van der Waals surface area contributed by atoms with Crippen LogP contribution >= 0.6 is 23.4 Å². The second-order valence-electron chi connectivity index (χ2n) is 6.92. The Hall–Kier alpha value is -2.96. The number of benzene rings is 3. The van der Waals surface area contributed by atoms with E-state index in [1.807, 2.05) is 42.5 Å². The van der Waals surface area contributed by atoms with Crippen molar-refractivity contribution >= 4 is 40.3 Å². The molecule has 4 nitrogen and oxygen atoms in total. The number of nitrogens with one attached hydrogen (secondary N) is 1. The van der Waals surface area contributed by atoms with Gasteiger partial charge in [0.05, 0.1) is 22.5 Å². The molecule has 0 unspecified atom stereocenters. The number of thioether (sulfide) groups is 1. The van der Waals surface area contributed by atoms with E-state index in [0.29, 0.717) is 23.0 Å². The van der Waals surface area contributed by atoms with Crippen LogP contribution in [0.1, 0.15) is 16.8 Å². The lowest BCUT2D eigenvalue weighted by atomic mass is 10.1. The van der Waals surface area contributed by atoms with Crippen molar-refractivity contribution in [3.63, 3.8) is 0 Å². The Labute approximate surface area is 188 Å². The number of aromatic nitrogens is 2. The second kappa shape index (κ2) is 9.90. The number of fused-ring (bicyclic) bond motifs is 1. The van der Waals surface area contributed by atoms with Gasteiger partial charge >= 0.3 is 0 Å². The third-order valence-electron chi connectivity index (χ3n) is 4.66. The van der Waals surface area contributed by atoms with Crippen molar-refractivity contribution in [3.05, 3.63) is 100 Å². The van der Waals surface area contributed by atoms with Crippen molar-refractivity contribution < 1.29 is 9.18 Å². The first-order chi connectivity index (χ1) is 15.1. The molecule has 0 fully saturated rings. The molecular weight excluding hydrogens is 433 g/mol. The predicted octanol–water partition coefficient (Wildman–Crippen LogP) is 5.42. The largest absolute Gasteiger partial charge is 0.351 e. The van der Waals surface area contributed by atoms with Crippen LogP contribution in [0.25, 0.3) is 11.0 Å². The van der Waals surface area contributed by atoms with Crippen LogP contribution in [0.2, 0.25) is 5.02 Å². The van der Waals surface area contributed by atoms with E-state index in [2.05, 4.69) is 5.32 Å². The summed E-state index contributed by atoms with van der Waals surface area (Å²) in [4.78, 5) is 21.9. The summed E-state index contributed by atoms with van der Waals surface area (Å²) in [6.07, 6.45) is 0.502. The van der Waals surface area contributed by atoms with Crippen LogP contribution in [-0.2, 0) is 17.8 Å². The smallest absolute Gasteiger partial charge is 0.230 e. The van der Waals surface area contributed by atoms with E-state index in [-0.39, 0.29) is 17.5 Å². The van der Waals surface area contributed by atoms with Crippen LogP contribution in [0, 0.1) is 5.82 Å². The van der Waals surface area contributed by atoms with E-state index in [9.17, 15) is 9.18 Å². The topological polar surface area (TPSA) is 54.9 Å². The van der Waals surface area contributed by atoms with Crippen molar-refractivity contribution in [1.29, 1.82) is 0 Å². The summed E-state index contributed by atoms with van der Waals surface area (Å²) in [7, 11) is 0. The molecule has 1 heterocycles. The fraction of sp³-hybridized carbons (Fsp3) is 0.125. The van der Waals surface area contributed by atoms with Crippen molar-refractivity contribution in [1.82, 2.24) is 15.3 Å². The maximum Gasteiger partial charge on any atom is 0.230 e. The van der Waals surface area contributed by atoms with Gasteiger partial charge in [-0.3, -0.25) is 4.79 Å². The number of rotatable bonds is 7. The molecule has 0 spiro atoms. The minimum Gasteiger partial charge on any atom is -0.351 e. The monoisotopic (exact) mass is 451 g/mol. The van der Waals surface area contributed by atoms with Crippen LogP contribution in [0.3, 0.4) is 0 Å². The number of para-hydroxylation sites is 2. The van der Waals surface area contributed by atoms with E-state index in [4.69, 9.17) is 21.6 Å². The van der Waals surface area contributed by atoms with E-state index in [1.165, 1.54) is 23.9 Å². The van der Waals surface area contributed by atoms with E-state index >= 15 is 0 Å². The van der Waals surface area contributed by atoms with Crippen molar-refractivity contribution in [2.75, 3.05) is 5.75 Å². The molecule has 0 saturated heterocycles. The Morgan fingerprint density at radius 3 is 2.35 bits per heavy atom. The molecule has 7 heteroatoms. The van der Waals surface area contributed by atoms with Gasteiger partial charge in [-0.25, -0.2) is 14.4 Å². The third kappa shape index (κ3) is 5.60. The quantitative estimate of drug-likeness (QED) is 0.381. The Balaban J connectivity index is 1.49. The molecule has 4 aromatic rings. The molecule has 0 radical (unpaired) electrons. The molecule has 156 valence electrons. The summed E-state index contributed by atoms with van der Waals surface area (Å²) in [5.41, 5.74) is 4.10. The Bertz CT molecular complexity index is 1220. The zero-order valence-electron chi connectivity index (χ0n) is 16.5. The summed E-state index contributed by atoms with van der Waals surface area (Å²) in [6, 6.07) is 21.3. The van der Waals surface area contributed by atoms with Gasteiger partial charge in [-0.05, 0) is 41.5 Å². The summed E-state index contributed by atoms with van der Waals surface area (Å²) in [5.74, 6) is -0.195. The Morgan fingerprint density at radius 1 is 0.935 bits per heavy atom. The molecule has 0 atom stereocenters. The molecule has 1 amide bonds. The SMILES string of the molecule is O=C(CSc1nc2ccccc2nc1Cc1ccc(F)cc1)NCc1ccccc1Cl. The minimum absolute atomic E-state index is 0.118. The highest BCUT2D eigenvalue weighted by molar-refractivity contribution is 7.99. The molecule has 1 aromatic heterocycles. The van der Waals surface area contributed by atoms with E-state index in [0.717, 1.165) is 27.9 Å². The van der Waals surface area contributed by atoms with Crippen molar-refractivity contribution in [2.45, 2.75) is 18.0 Å². The molecule has 3 aromatic carbocycles. The van der Waals surface area contributed by atoms with Gasteiger partial charge in [0.2, 0.25) is 5.91 Å². The lowest BCUT2D eigenvalue weighted by Gasteiger charge is -2.10. The van der Waals surface area contributed by atoms with Gasteiger partial charge in [0, 0.05) is 18.0 Å². The minimum atomic E-state index is -0.280. The van der Waals surface area contributed by atoms with Gasteiger partial charge < -0.3 is 5.32 Å². The first-order valence-corrected chi connectivity index (χ1v) is 11.1. The Kier molecular flexibility index (Phi) is 6.79. The number of amides is 1. The first kappa shape index (κ1) is 21.3. The number of hydrogen-bond acceptors (Lipinski definition) is 4. The highest BCUT2D eigenvalue weighted by Gasteiger charge is 2.13. The van der Waals surface area contributed by atoms with Crippen molar-refractivity contribution in [3.8, 4) is 0 Å². The zero-order chi connectivity index (χ0) is 21.6. The predicted molar refractivity (Wildman–Crippen MR) is 123 cm³/mol. The lowest BCUT2D eigenvalue weighted by molar-refractivity contribution is -0.118. The Morgan fingerprint density at radius 2 is 1.61 bits per heavy atom. The van der Waals surface area contributed by atoms with Crippen LogP contribution in [0.15, 0.2) is 77.8 Å². The number of carbonyl (C=O) groups excluding carboxylic acids is 1. The average Bonchev–Trinajstić information content (AvgIpc) is 2.78. The molecule has 4 rings (SSSR count). The van der Waals surface area contributed by atoms with Crippen molar-refractivity contribution in [2.24, 2.45) is 0 Å². The number of hydrogen-bond donors (Lipinski definition) is 1. The van der Waals surface area contributed by atoms with Crippen LogP contribution in [-0.4, -0.2) is 21.6 Å². The fourth-order valence-corrected chi connectivity index (χ4v) is 4.09. The summed E-state index contributed by atoms with van der Waals surface area (Å²) in [5, 5.41) is 4.20. The molecule has 31 heavy (non-hydrogen) atoms. The summed E-state index contributed by atoms with van der Waals surface area (Å²) >= 11 is 7.48. The molecule has 0 saturated carbocycles. The molecule has 0 aliphatic carbocycles. The molecule has 0 aliphatic rings. The molecular formula is C24H19ClFN3OS. The average molecular weight is 452 g/mol.